The highest BCUT2D eigenvalue weighted by Crippen LogP contribution is 2.25. The lowest BCUT2D eigenvalue weighted by molar-refractivity contribution is 0.580. The Labute approximate surface area is 137 Å². The number of nitrogens with zero attached hydrogens (tertiary/aromatic N) is 3. The average molecular weight is 334 g/mol. The minimum Gasteiger partial charge on any atom is -0.293 e. The Morgan fingerprint density at radius 1 is 1.32 bits per heavy atom. The maximum atomic E-state index is 12.5. The summed E-state index contributed by atoms with van der Waals surface area (Å²) in [6.45, 7) is 6.80. The van der Waals surface area contributed by atoms with Crippen LogP contribution in [0.5, 0.6) is 0 Å². The molecule has 0 bridgehead atoms. The molecule has 0 spiro atoms. The first kappa shape index (κ1) is 15.2. The van der Waals surface area contributed by atoms with E-state index in [1.807, 2.05) is 5.38 Å². The van der Waals surface area contributed by atoms with Crippen LogP contribution in [0.25, 0.3) is 10.9 Å². The minimum atomic E-state index is -0.0993. The summed E-state index contributed by atoms with van der Waals surface area (Å²) in [5, 5.41) is 4.12. The number of benzene rings is 1. The second-order valence-corrected chi connectivity index (χ2v) is 7.53. The first-order valence-electron chi connectivity index (χ1n) is 6.94. The number of fused-ring (bicyclic) bond motifs is 1. The smallest absolute Gasteiger partial charge is 0.261 e. The van der Waals surface area contributed by atoms with Gasteiger partial charge in [0.1, 0.15) is 0 Å². The molecule has 3 aromatic rings. The Morgan fingerprint density at radius 3 is 2.77 bits per heavy atom. The highest BCUT2D eigenvalue weighted by molar-refractivity contribution is 7.09. The highest BCUT2D eigenvalue weighted by Gasteiger charge is 2.18. The van der Waals surface area contributed by atoms with Gasteiger partial charge in [-0.05, 0) is 18.2 Å². The van der Waals surface area contributed by atoms with Crippen LogP contribution in [0, 0.1) is 0 Å². The van der Waals surface area contributed by atoms with Gasteiger partial charge in [0, 0.05) is 15.8 Å². The standard InChI is InChI=1S/C16H16ClN3OS/c1-16(2,3)15-19-11(8-22-15)7-20-9-18-13-5-4-10(17)6-12(13)14(20)21/h4-6,8-9H,7H2,1-3H3. The van der Waals surface area contributed by atoms with Crippen LogP contribution in [0.4, 0.5) is 0 Å². The Morgan fingerprint density at radius 2 is 2.09 bits per heavy atom. The summed E-state index contributed by atoms with van der Waals surface area (Å²) in [4.78, 5) is 21.5. The zero-order valence-electron chi connectivity index (χ0n) is 12.6. The third kappa shape index (κ3) is 2.91. The Kier molecular flexibility index (Phi) is 3.78. The van der Waals surface area contributed by atoms with Crippen LogP contribution < -0.4 is 5.56 Å². The molecule has 1 aromatic carbocycles. The van der Waals surface area contributed by atoms with E-state index in [0.717, 1.165) is 10.7 Å². The quantitative estimate of drug-likeness (QED) is 0.715. The molecule has 3 rings (SSSR count). The number of hydrogen-bond donors (Lipinski definition) is 0. The monoisotopic (exact) mass is 333 g/mol. The molecule has 0 aliphatic heterocycles. The zero-order valence-corrected chi connectivity index (χ0v) is 14.2. The molecule has 4 nitrogen and oxygen atoms in total. The Hall–Kier alpha value is -1.72. The van der Waals surface area contributed by atoms with E-state index in [1.54, 1.807) is 40.4 Å². The zero-order chi connectivity index (χ0) is 15.9. The van der Waals surface area contributed by atoms with Gasteiger partial charge in [0.15, 0.2) is 0 Å². The number of halogens is 1. The van der Waals surface area contributed by atoms with Crippen molar-refractivity contribution in [3.8, 4) is 0 Å². The van der Waals surface area contributed by atoms with E-state index < -0.39 is 0 Å². The van der Waals surface area contributed by atoms with Crippen LogP contribution in [0.1, 0.15) is 31.5 Å². The highest BCUT2D eigenvalue weighted by atomic mass is 35.5. The van der Waals surface area contributed by atoms with Crippen LogP contribution >= 0.6 is 22.9 Å². The maximum absolute atomic E-state index is 12.5. The normalized spacial score (nSPS) is 12.0. The predicted molar refractivity (Wildman–Crippen MR) is 90.9 cm³/mol. The minimum absolute atomic E-state index is 0.0169. The Balaban J connectivity index is 1.99. The molecule has 0 aliphatic carbocycles. The summed E-state index contributed by atoms with van der Waals surface area (Å²) in [5.41, 5.74) is 1.44. The first-order valence-corrected chi connectivity index (χ1v) is 8.20. The van der Waals surface area contributed by atoms with E-state index >= 15 is 0 Å². The SMILES string of the molecule is CC(C)(C)c1nc(Cn2cnc3ccc(Cl)cc3c2=O)cs1. The van der Waals surface area contributed by atoms with Crippen molar-refractivity contribution in [3.05, 3.63) is 56.0 Å². The molecule has 2 aromatic heterocycles. The molecule has 0 N–H and O–H groups in total. The molecule has 114 valence electrons. The van der Waals surface area contributed by atoms with Gasteiger partial charge >= 0.3 is 0 Å². The van der Waals surface area contributed by atoms with Gasteiger partial charge in [-0.2, -0.15) is 0 Å². The lowest BCUT2D eigenvalue weighted by atomic mass is 9.98. The van der Waals surface area contributed by atoms with Crippen molar-refractivity contribution < 1.29 is 0 Å². The van der Waals surface area contributed by atoms with Crippen LogP contribution in [0.2, 0.25) is 5.02 Å². The topological polar surface area (TPSA) is 47.8 Å². The van der Waals surface area contributed by atoms with Crippen LogP contribution in [-0.4, -0.2) is 14.5 Å². The van der Waals surface area contributed by atoms with Crippen LogP contribution in [0.15, 0.2) is 34.7 Å². The molecule has 0 amide bonds. The van der Waals surface area contributed by atoms with Crippen molar-refractivity contribution in [2.24, 2.45) is 0 Å². The summed E-state index contributed by atoms with van der Waals surface area (Å²) in [6, 6.07) is 5.14. The number of aromatic nitrogens is 3. The molecule has 2 heterocycles. The van der Waals surface area contributed by atoms with Crippen molar-refractivity contribution in [1.82, 2.24) is 14.5 Å². The van der Waals surface area contributed by atoms with Gasteiger partial charge in [-0.15, -0.1) is 11.3 Å². The van der Waals surface area contributed by atoms with Gasteiger partial charge in [0.05, 0.1) is 34.5 Å². The third-order valence-electron chi connectivity index (χ3n) is 3.31. The van der Waals surface area contributed by atoms with Gasteiger partial charge in [-0.25, -0.2) is 9.97 Å². The fourth-order valence-corrected chi connectivity index (χ4v) is 3.21. The molecule has 0 unspecified atom stereocenters. The summed E-state index contributed by atoms with van der Waals surface area (Å²) in [6.07, 6.45) is 1.56. The fraction of sp³-hybridized carbons (Fsp3) is 0.312. The largest absolute Gasteiger partial charge is 0.293 e. The van der Waals surface area contributed by atoms with E-state index in [-0.39, 0.29) is 11.0 Å². The molecule has 0 saturated carbocycles. The third-order valence-corrected chi connectivity index (χ3v) is 4.86. The molecule has 0 fully saturated rings. The average Bonchev–Trinajstić information content (AvgIpc) is 2.91. The number of hydrogen-bond acceptors (Lipinski definition) is 4. The van der Waals surface area contributed by atoms with E-state index in [2.05, 4.69) is 30.7 Å². The van der Waals surface area contributed by atoms with Crippen molar-refractivity contribution in [2.45, 2.75) is 32.7 Å². The summed E-state index contributed by atoms with van der Waals surface area (Å²) in [7, 11) is 0. The van der Waals surface area contributed by atoms with Gasteiger partial charge in [0.25, 0.3) is 5.56 Å². The van der Waals surface area contributed by atoms with E-state index in [4.69, 9.17) is 11.6 Å². The summed E-state index contributed by atoms with van der Waals surface area (Å²) in [5.74, 6) is 0. The number of rotatable bonds is 2. The summed E-state index contributed by atoms with van der Waals surface area (Å²) < 4.78 is 1.57. The number of thiazole rings is 1. The molecule has 0 saturated heterocycles. The van der Waals surface area contributed by atoms with Gasteiger partial charge in [-0.3, -0.25) is 9.36 Å². The lowest BCUT2D eigenvalue weighted by Crippen LogP contribution is -2.21. The molecule has 6 heteroatoms. The molecular weight excluding hydrogens is 318 g/mol. The molecule has 0 atom stereocenters. The van der Waals surface area contributed by atoms with E-state index in [1.165, 1.54) is 0 Å². The van der Waals surface area contributed by atoms with Crippen molar-refractivity contribution in [1.29, 1.82) is 0 Å². The Bertz CT molecular complexity index is 892. The van der Waals surface area contributed by atoms with Crippen LogP contribution in [0.3, 0.4) is 0 Å². The predicted octanol–water partition coefficient (Wildman–Crippen LogP) is 3.85. The van der Waals surface area contributed by atoms with Crippen molar-refractivity contribution in [2.75, 3.05) is 0 Å². The van der Waals surface area contributed by atoms with Gasteiger partial charge < -0.3 is 0 Å². The fourth-order valence-electron chi connectivity index (χ4n) is 2.14. The van der Waals surface area contributed by atoms with Crippen LogP contribution in [-0.2, 0) is 12.0 Å². The molecule has 0 aliphatic rings. The lowest BCUT2D eigenvalue weighted by Gasteiger charge is -2.13. The summed E-state index contributed by atoms with van der Waals surface area (Å²) >= 11 is 7.59. The van der Waals surface area contributed by atoms with E-state index in [9.17, 15) is 4.79 Å². The maximum Gasteiger partial charge on any atom is 0.261 e. The van der Waals surface area contributed by atoms with Crippen molar-refractivity contribution >= 4 is 33.8 Å². The molecule has 0 radical (unpaired) electrons. The van der Waals surface area contributed by atoms with Crippen molar-refractivity contribution in [3.63, 3.8) is 0 Å². The van der Waals surface area contributed by atoms with E-state index in [0.29, 0.717) is 22.5 Å². The van der Waals surface area contributed by atoms with Gasteiger partial charge in [0.2, 0.25) is 0 Å². The molecular formula is C16H16ClN3OS. The molecule has 22 heavy (non-hydrogen) atoms. The first-order chi connectivity index (χ1) is 10.3. The van der Waals surface area contributed by atoms with Gasteiger partial charge in [-0.1, -0.05) is 32.4 Å². The second-order valence-electron chi connectivity index (χ2n) is 6.23. The second kappa shape index (κ2) is 5.48.